The minimum Gasteiger partial charge on any atom is -0.497 e. The Kier molecular flexibility index (Phi) is 13.1. The van der Waals surface area contributed by atoms with Crippen molar-refractivity contribution in [3.63, 3.8) is 0 Å². The molecule has 0 fully saturated rings. The van der Waals surface area contributed by atoms with Crippen LogP contribution in [0, 0.1) is 25.7 Å². The summed E-state index contributed by atoms with van der Waals surface area (Å²) in [7, 11) is 1.59. The molecule has 0 spiro atoms. The van der Waals surface area contributed by atoms with Crippen molar-refractivity contribution in [3.8, 4) is 5.75 Å². The Morgan fingerprint density at radius 2 is 1.44 bits per heavy atom. The van der Waals surface area contributed by atoms with E-state index in [-0.39, 0.29) is 23.8 Å². The van der Waals surface area contributed by atoms with Crippen LogP contribution in [0.3, 0.4) is 0 Å². The number of hydrogen-bond acceptors (Lipinski definition) is 5. The lowest BCUT2D eigenvalue weighted by Crippen LogP contribution is -2.55. The van der Waals surface area contributed by atoms with Crippen LogP contribution in [0.4, 0.5) is 10.5 Å². The molecule has 0 aromatic heterocycles. The van der Waals surface area contributed by atoms with E-state index < -0.39 is 23.8 Å². The van der Waals surface area contributed by atoms with Crippen molar-refractivity contribution in [2.24, 2.45) is 11.8 Å². The standard InChI is InChI=1S/C35H53N3O5/c1-22(2)15-16-26(7)38(33(40)29(21-23(3)4)37-34(41)43-35(8,9)10)31(30-24(5)13-12-14-25(30)6)32(39)36-27-17-19-28(42-11)20-18-27/h12-14,17-20,22-23,26,29,31H,15-16,21H2,1-11H3,(H,36,39)(H,37,41). The summed E-state index contributed by atoms with van der Waals surface area (Å²) < 4.78 is 10.8. The number of methoxy groups -OCH3 is 1. The third-order valence-electron chi connectivity index (χ3n) is 7.29. The number of rotatable bonds is 13. The molecule has 2 N–H and O–H groups in total. The Morgan fingerprint density at radius 3 is 1.93 bits per heavy atom. The van der Waals surface area contributed by atoms with E-state index in [2.05, 4.69) is 24.5 Å². The molecular formula is C35H53N3O5. The van der Waals surface area contributed by atoms with Gasteiger partial charge in [-0.3, -0.25) is 9.59 Å². The van der Waals surface area contributed by atoms with Gasteiger partial charge in [0.2, 0.25) is 5.91 Å². The SMILES string of the molecule is COc1ccc(NC(=O)C(c2c(C)cccc2C)N(C(=O)C(CC(C)C)NC(=O)OC(C)(C)C)C(C)CCC(C)C)cc1. The smallest absolute Gasteiger partial charge is 0.408 e. The van der Waals surface area contributed by atoms with Gasteiger partial charge in [0.25, 0.3) is 5.91 Å². The molecule has 43 heavy (non-hydrogen) atoms. The first-order valence-corrected chi connectivity index (χ1v) is 15.4. The zero-order valence-electron chi connectivity index (χ0n) is 28.0. The molecule has 8 heteroatoms. The topological polar surface area (TPSA) is 97.0 Å². The first-order valence-electron chi connectivity index (χ1n) is 15.4. The highest BCUT2D eigenvalue weighted by molar-refractivity contribution is 5.99. The van der Waals surface area contributed by atoms with E-state index in [0.29, 0.717) is 30.2 Å². The molecule has 2 rings (SSSR count). The van der Waals surface area contributed by atoms with Crippen molar-refractivity contribution >= 4 is 23.6 Å². The lowest BCUT2D eigenvalue weighted by Gasteiger charge is -2.40. The van der Waals surface area contributed by atoms with Gasteiger partial charge in [-0.15, -0.1) is 0 Å². The van der Waals surface area contributed by atoms with Gasteiger partial charge in [0, 0.05) is 11.7 Å². The first-order chi connectivity index (χ1) is 20.0. The predicted molar refractivity (Wildman–Crippen MR) is 173 cm³/mol. The molecule has 0 bridgehead atoms. The predicted octanol–water partition coefficient (Wildman–Crippen LogP) is 7.58. The minimum absolute atomic E-state index is 0.100. The summed E-state index contributed by atoms with van der Waals surface area (Å²) in [6.45, 7) is 19.6. The molecule has 3 amide bonds. The maximum Gasteiger partial charge on any atom is 0.408 e. The lowest BCUT2D eigenvalue weighted by molar-refractivity contribution is -0.144. The number of benzene rings is 2. The van der Waals surface area contributed by atoms with Crippen molar-refractivity contribution in [1.82, 2.24) is 10.2 Å². The highest BCUT2D eigenvalue weighted by atomic mass is 16.6. The monoisotopic (exact) mass is 595 g/mol. The van der Waals surface area contributed by atoms with E-state index in [1.165, 1.54) is 0 Å². The second-order valence-corrected chi connectivity index (χ2v) is 13.3. The number of alkyl carbamates (subject to hydrolysis) is 1. The molecule has 0 radical (unpaired) electrons. The Labute approximate surface area is 258 Å². The average molecular weight is 596 g/mol. The van der Waals surface area contributed by atoms with E-state index in [1.54, 1.807) is 57.0 Å². The number of aryl methyl sites for hydroxylation is 2. The quantitative estimate of drug-likeness (QED) is 0.249. The second kappa shape index (κ2) is 15.8. The minimum atomic E-state index is -0.937. The highest BCUT2D eigenvalue weighted by Crippen LogP contribution is 2.33. The summed E-state index contributed by atoms with van der Waals surface area (Å²) >= 11 is 0. The molecule has 2 aromatic carbocycles. The lowest BCUT2D eigenvalue weighted by atomic mass is 9.91. The Bertz CT molecular complexity index is 1200. The molecule has 0 aliphatic heterocycles. The Morgan fingerprint density at radius 1 is 0.860 bits per heavy atom. The molecule has 0 saturated carbocycles. The number of carbonyl (C=O) groups is 3. The maximum absolute atomic E-state index is 14.7. The molecule has 0 aliphatic rings. The van der Waals surface area contributed by atoms with Crippen LogP contribution in [0.15, 0.2) is 42.5 Å². The van der Waals surface area contributed by atoms with Gasteiger partial charge >= 0.3 is 6.09 Å². The Balaban J connectivity index is 2.69. The van der Waals surface area contributed by atoms with Crippen LogP contribution in [0.2, 0.25) is 0 Å². The normalized spacial score (nSPS) is 13.7. The number of hydrogen-bond donors (Lipinski definition) is 2. The van der Waals surface area contributed by atoms with Crippen molar-refractivity contribution in [2.75, 3.05) is 12.4 Å². The molecule has 0 aliphatic carbocycles. The third-order valence-corrected chi connectivity index (χ3v) is 7.29. The number of carbonyl (C=O) groups excluding carboxylic acids is 3. The fraction of sp³-hybridized carbons (Fsp3) is 0.571. The first kappa shape index (κ1) is 35.6. The molecule has 238 valence electrons. The van der Waals surface area contributed by atoms with Gasteiger partial charge in [0.15, 0.2) is 0 Å². The van der Waals surface area contributed by atoms with Crippen molar-refractivity contribution in [2.45, 2.75) is 112 Å². The van der Waals surface area contributed by atoms with Gasteiger partial charge in [-0.05, 0) is 114 Å². The molecular weight excluding hydrogens is 542 g/mol. The summed E-state index contributed by atoms with van der Waals surface area (Å²) in [4.78, 5) is 43.7. The summed E-state index contributed by atoms with van der Waals surface area (Å²) in [6, 6.07) is 10.9. The van der Waals surface area contributed by atoms with Gasteiger partial charge in [-0.25, -0.2) is 4.79 Å². The van der Waals surface area contributed by atoms with E-state index in [1.807, 2.05) is 52.8 Å². The zero-order chi connectivity index (χ0) is 32.5. The third kappa shape index (κ3) is 10.9. The van der Waals surface area contributed by atoms with Crippen LogP contribution in [-0.4, -0.2) is 47.6 Å². The van der Waals surface area contributed by atoms with Crippen molar-refractivity contribution in [3.05, 3.63) is 59.2 Å². The number of nitrogens with zero attached hydrogens (tertiary/aromatic N) is 1. The van der Waals surface area contributed by atoms with Crippen LogP contribution in [0.5, 0.6) is 5.75 Å². The number of amides is 3. The van der Waals surface area contributed by atoms with Crippen LogP contribution in [0.25, 0.3) is 0 Å². The Hall–Kier alpha value is -3.55. The van der Waals surface area contributed by atoms with Gasteiger partial charge in [0.1, 0.15) is 23.4 Å². The number of nitrogens with one attached hydrogen (secondary N) is 2. The van der Waals surface area contributed by atoms with Crippen LogP contribution < -0.4 is 15.4 Å². The average Bonchev–Trinajstić information content (AvgIpc) is 2.89. The van der Waals surface area contributed by atoms with Crippen LogP contribution in [-0.2, 0) is 14.3 Å². The van der Waals surface area contributed by atoms with Gasteiger partial charge in [0.05, 0.1) is 7.11 Å². The van der Waals surface area contributed by atoms with E-state index in [0.717, 1.165) is 23.1 Å². The molecule has 3 unspecified atom stereocenters. The van der Waals surface area contributed by atoms with E-state index in [9.17, 15) is 14.4 Å². The number of ether oxygens (including phenoxy) is 2. The van der Waals surface area contributed by atoms with Gasteiger partial charge in [-0.1, -0.05) is 45.9 Å². The summed E-state index contributed by atoms with van der Waals surface area (Å²) in [5, 5.41) is 5.90. The zero-order valence-corrected chi connectivity index (χ0v) is 28.0. The second-order valence-electron chi connectivity index (χ2n) is 13.3. The fourth-order valence-corrected chi connectivity index (χ4v) is 5.18. The summed E-state index contributed by atoms with van der Waals surface area (Å²) in [6.07, 6.45) is 1.30. The van der Waals surface area contributed by atoms with Crippen molar-refractivity contribution in [1.29, 1.82) is 0 Å². The summed E-state index contributed by atoms with van der Waals surface area (Å²) in [5.41, 5.74) is 2.46. The molecule has 3 atom stereocenters. The molecule has 8 nitrogen and oxygen atoms in total. The number of anilines is 1. The highest BCUT2D eigenvalue weighted by Gasteiger charge is 2.40. The largest absolute Gasteiger partial charge is 0.497 e. The molecule has 2 aromatic rings. The van der Waals surface area contributed by atoms with Gasteiger partial charge in [-0.2, -0.15) is 0 Å². The molecule has 0 saturated heterocycles. The van der Waals surface area contributed by atoms with E-state index >= 15 is 0 Å². The maximum atomic E-state index is 14.7. The van der Waals surface area contributed by atoms with Crippen LogP contribution >= 0.6 is 0 Å². The van der Waals surface area contributed by atoms with Crippen LogP contribution in [0.1, 0.15) is 97.4 Å². The summed E-state index contributed by atoms with van der Waals surface area (Å²) in [5.74, 6) is 0.551. The van der Waals surface area contributed by atoms with Crippen molar-refractivity contribution < 1.29 is 23.9 Å². The molecule has 0 heterocycles. The van der Waals surface area contributed by atoms with Gasteiger partial charge < -0.3 is 25.0 Å². The van der Waals surface area contributed by atoms with E-state index in [4.69, 9.17) is 9.47 Å². The fourth-order valence-electron chi connectivity index (χ4n) is 5.18.